The van der Waals surface area contributed by atoms with Crippen molar-refractivity contribution >= 4 is 27.7 Å². The smallest absolute Gasteiger partial charge is 0.245 e. The summed E-state index contributed by atoms with van der Waals surface area (Å²) >= 11 is 3.19. The van der Waals surface area contributed by atoms with Crippen LogP contribution in [0.3, 0.4) is 0 Å². The molecule has 2 aliphatic heterocycles. The molecule has 1 unspecified atom stereocenters. The molecule has 2 heterocycles. The number of hydrogen-bond acceptors (Lipinski definition) is 2. The number of likely N-dealkylation sites (tertiary alicyclic amines) is 2. The van der Waals surface area contributed by atoms with Gasteiger partial charge in [-0.15, -0.1) is 0 Å². The quantitative estimate of drug-likeness (QED) is 0.727. The number of nitrogens with zero attached hydrogens (tertiary/aromatic N) is 2. The van der Waals surface area contributed by atoms with Gasteiger partial charge in [-0.05, 0) is 31.6 Å². The lowest BCUT2D eigenvalue weighted by Gasteiger charge is -2.34. The highest BCUT2D eigenvalue weighted by molar-refractivity contribution is 9.09. The van der Waals surface area contributed by atoms with Crippen LogP contribution in [0.25, 0.3) is 0 Å². The minimum absolute atomic E-state index is 0.0382. The van der Waals surface area contributed by atoms with E-state index in [4.69, 9.17) is 0 Å². The van der Waals surface area contributed by atoms with E-state index in [1.165, 1.54) is 0 Å². The molecule has 0 aromatic heterocycles. The second-order valence-corrected chi connectivity index (χ2v) is 5.95. The van der Waals surface area contributed by atoms with Crippen LogP contribution in [0.4, 0.5) is 0 Å². The first-order chi connectivity index (χ1) is 8.63. The summed E-state index contributed by atoms with van der Waals surface area (Å²) in [5.74, 6) is 0.919. The van der Waals surface area contributed by atoms with Crippen molar-refractivity contribution in [1.82, 2.24) is 9.80 Å². The van der Waals surface area contributed by atoms with Gasteiger partial charge >= 0.3 is 0 Å². The fourth-order valence-electron chi connectivity index (χ4n) is 2.84. The van der Waals surface area contributed by atoms with Crippen molar-refractivity contribution in [2.75, 3.05) is 25.0 Å². The second-order valence-electron chi connectivity index (χ2n) is 5.39. The Bertz CT molecular complexity index is 327. The summed E-state index contributed by atoms with van der Waals surface area (Å²) in [6.45, 7) is 4.67. The van der Waals surface area contributed by atoms with E-state index >= 15 is 0 Å². The number of amides is 2. The van der Waals surface area contributed by atoms with Crippen molar-refractivity contribution in [3.63, 3.8) is 0 Å². The molecule has 0 bridgehead atoms. The molecule has 2 aliphatic rings. The summed E-state index contributed by atoms with van der Waals surface area (Å²) < 4.78 is 0. The van der Waals surface area contributed by atoms with Crippen molar-refractivity contribution in [2.24, 2.45) is 5.92 Å². The molecule has 2 amide bonds. The van der Waals surface area contributed by atoms with E-state index in [-0.39, 0.29) is 17.9 Å². The zero-order valence-corrected chi connectivity index (χ0v) is 12.5. The third-order valence-corrected chi connectivity index (χ3v) is 4.55. The Balaban J connectivity index is 1.97. The van der Waals surface area contributed by atoms with Gasteiger partial charge in [-0.3, -0.25) is 9.59 Å². The second kappa shape index (κ2) is 6.04. The van der Waals surface area contributed by atoms with Gasteiger partial charge < -0.3 is 9.80 Å². The third-order valence-electron chi connectivity index (χ3n) is 4.07. The highest BCUT2D eigenvalue weighted by Gasteiger charge is 2.36. The number of alkyl halides is 1. The topological polar surface area (TPSA) is 40.6 Å². The molecular weight excluding hydrogens is 296 g/mol. The Labute approximate surface area is 117 Å². The van der Waals surface area contributed by atoms with Crippen LogP contribution in [0.1, 0.15) is 32.6 Å². The number of piperidine rings is 1. The standard InChI is InChI=1S/C13H21BrN2O2/c1-10-4-7-15(8-5-10)13(18)11-3-2-6-16(11)12(17)9-14/h10-11H,2-9H2,1H3. The Hall–Kier alpha value is -0.580. The number of carbonyl (C=O) groups excluding carboxylic acids is 2. The molecule has 2 rings (SSSR count). The summed E-state index contributed by atoms with van der Waals surface area (Å²) in [4.78, 5) is 27.9. The molecule has 0 saturated carbocycles. The van der Waals surface area contributed by atoms with Crippen LogP contribution in [0.2, 0.25) is 0 Å². The van der Waals surface area contributed by atoms with Crippen LogP contribution in [0.5, 0.6) is 0 Å². The maximum absolute atomic E-state index is 12.5. The van der Waals surface area contributed by atoms with Gasteiger partial charge in [0, 0.05) is 19.6 Å². The minimum Gasteiger partial charge on any atom is -0.341 e. The van der Waals surface area contributed by atoms with Gasteiger partial charge in [-0.25, -0.2) is 0 Å². The maximum Gasteiger partial charge on any atom is 0.245 e. The van der Waals surface area contributed by atoms with Gasteiger partial charge in [-0.2, -0.15) is 0 Å². The van der Waals surface area contributed by atoms with E-state index < -0.39 is 0 Å². The van der Waals surface area contributed by atoms with E-state index in [2.05, 4.69) is 22.9 Å². The molecule has 5 heteroatoms. The van der Waals surface area contributed by atoms with Gasteiger partial charge in [0.05, 0.1) is 5.33 Å². The predicted molar refractivity (Wildman–Crippen MR) is 73.5 cm³/mol. The van der Waals surface area contributed by atoms with Crippen LogP contribution in [-0.2, 0) is 9.59 Å². The summed E-state index contributed by atoms with van der Waals surface area (Å²) in [7, 11) is 0. The highest BCUT2D eigenvalue weighted by atomic mass is 79.9. The van der Waals surface area contributed by atoms with Crippen molar-refractivity contribution in [1.29, 1.82) is 0 Å². The zero-order chi connectivity index (χ0) is 13.1. The van der Waals surface area contributed by atoms with Gasteiger partial charge in [-0.1, -0.05) is 22.9 Å². The van der Waals surface area contributed by atoms with Crippen molar-refractivity contribution in [2.45, 2.75) is 38.6 Å². The van der Waals surface area contributed by atoms with Crippen LogP contribution in [0.15, 0.2) is 0 Å². The minimum atomic E-state index is -0.205. The number of rotatable bonds is 2. The molecule has 4 nitrogen and oxygen atoms in total. The first-order valence-corrected chi connectivity index (χ1v) is 7.90. The molecule has 2 saturated heterocycles. The molecular formula is C13H21BrN2O2. The van der Waals surface area contributed by atoms with E-state index in [0.29, 0.717) is 5.33 Å². The van der Waals surface area contributed by atoms with Crippen molar-refractivity contribution in [3.05, 3.63) is 0 Å². The first-order valence-electron chi connectivity index (χ1n) is 6.77. The molecule has 0 aromatic rings. The van der Waals surface area contributed by atoms with Gasteiger partial charge in [0.1, 0.15) is 6.04 Å². The molecule has 1 atom stereocenters. The normalized spacial score (nSPS) is 25.6. The molecule has 102 valence electrons. The largest absolute Gasteiger partial charge is 0.341 e. The SMILES string of the molecule is CC1CCN(C(=O)C2CCCN2C(=O)CBr)CC1. The van der Waals surface area contributed by atoms with Crippen molar-refractivity contribution < 1.29 is 9.59 Å². The molecule has 2 fully saturated rings. The number of carbonyl (C=O) groups is 2. The van der Waals surface area contributed by atoms with Crippen LogP contribution in [-0.4, -0.2) is 52.6 Å². The third kappa shape index (κ3) is 2.87. The van der Waals surface area contributed by atoms with Crippen molar-refractivity contribution in [3.8, 4) is 0 Å². The highest BCUT2D eigenvalue weighted by Crippen LogP contribution is 2.23. The molecule has 18 heavy (non-hydrogen) atoms. The molecule has 0 spiro atoms. The molecule has 0 radical (unpaired) electrons. The lowest BCUT2D eigenvalue weighted by molar-refractivity contribution is -0.143. The Morgan fingerprint density at radius 3 is 2.44 bits per heavy atom. The van der Waals surface area contributed by atoms with E-state index in [1.54, 1.807) is 4.90 Å². The molecule has 0 aromatic carbocycles. The first kappa shape index (κ1) is 13.8. The lowest BCUT2D eigenvalue weighted by atomic mass is 9.98. The fraction of sp³-hybridized carbons (Fsp3) is 0.846. The average molecular weight is 317 g/mol. The van der Waals surface area contributed by atoms with E-state index in [1.807, 2.05) is 4.90 Å². The molecule has 0 N–H and O–H groups in total. The zero-order valence-electron chi connectivity index (χ0n) is 10.9. The molecule has 0 aliphatic carbocycles. The van der Waals surface area contributed by atoms with Crippen LogP contribution < -0.4 is 0 Å². The van der Waals surface area contributed by atoms with Gasteiger partial charge in [0.15, 0.2) is 0 Å². The number of halogens is 1. The summed E-state index contributed by atoms with van der Waals surface area (Å²) in [6.07, 6.45) is 3.94. The summed E-state index contributed by atoms with van der Waals surface area (Å²) in [5.41, 5.74) is 0. The van der Waals surface area contributed by atoms with E-state index in [9.17, 15) is 9.59 Å². The van der Waals surface area contributed by atoms with Crippen LogP contribution in [0, 0.1) is 5.92 Å². The van der Waals surface area contributed by atoms with Gasteiger partial charge in [0.25, 0.3) is 0 Å². The maximum atomic E-state index is 12.5. The summed E-state index contributed by atoms with van der Waals surface area (Å²) in [5, 5.41) is 0.313. The monoisotopic (exact) mass is 316 g/mol. The predicted octanol–water partition coefficient (Wildman–Crippen LogP) is 1.63. The van der Waals surface area contributed by atoms with Gasteiger partial charge in [0.2, 0.25) is 11.8 Å². The Morgan fingerprint density at radius 2 is 1.83 bits per heavy atom. The number of hydrogen-bond donors (Lipinski definition) is 0. The van der Waals surface area contributed by atoms with E-state index in [0.717, 1.165) is 51.2 Å². The average Bonchev–Trinajstić information content (AvgIpc) is 2.87. The van der Waals surface area contributed by atoms with Crippen LogP contribution >= 0.6 is 15.9 Å². The summed E-state index contributed by atoms with van der Waals surface area (Å²) in [6, 6.07) is -0.205. The Morgan fingerprint density at radius 1 is 1.17 bits per heavy atom. The lowest BCUT2D eigenvalue weighted by Crippen LogP contribution is -2.50. The Kier molecular flexibility index (Phi) is 4.65. The fourth-order valence-corrected chi connectivity index (χ4v) is 3.16.